The Morgan fingerprint density at radius 2 is 1.90 bits per heavy atom. The summed E-state index contributed by atoms with van der Waals surface area (Å²) in [5.74, 6) is -0.208. The highest BCUT2D eigenvalue weighted by Gasteiger charge is 2.12. The maximum atomic E-state index is 12.3. The van der Waals surface area contributed by atoms with Gasteiger partial charge < -0.3 is 11.1 Å². The Morgan fingerprint density at radius 1 is 1.20 bits per heavy atom. The number of carbonyl (C=O) groups is 1. The molecule has 0 aromatic heterocycles. The van der Waals surface area contributed by atoms with E-state index in [2.05, 4.69) is 21.2 Å². The minimum absolute atomic E-state index is 0.208. The first-order valence-electron chi connectivity index (χ1n) is 5.95. The molecule has 1 amide bonds. The summed E-state index contributed by atoms with van der Waals surface area (Å²) in [6.07, 6.45) is 0. The Morgan fingerprint density at radius 3 is 2.55 bits per heavy atom. The number of carbonyl (C=O) groups excluding carboxylic acids is 1. The average molecular weight is 349 g/mol. The van der Waals surface area contributed by atoms with E-state index in [9.17, 15) is 4.79 Å². The number of aryl methyl sites for hydroxylation is 1. The Kier molecular flexibility index (Phi) is 4.52. The van der Waals surface area contributed by atoms with Crippen molar-refractivity contribution in [2.45, 2.75) is 6.92 Å². The zero-order valence-electron chi connectivity index (χ0n) is 10.8. The van der Waals surface area contributed by atoms with Gasteiger partial charge in [-0.15, -0.1) is 0 Å². The average Bonchev–Trinajstić information content (AvgIpc) is 2.38. The summed E-state index contributed by atoms with van der Waals surface area (Å²) in [6, 6.07) is 12.8. The summed E-state index contributed by atoms with van der Waals surface area (Å²) in [4.78, 5) is 12.5. The van der Waals surface area contributed by atoms with E-state index in [1.807, 2.05) is 31.2 Å². The van der Waals surface area contributed by atoms with E-state index in [0.717, 1.165) is 10.0 Å². The normalized spacial score (nSPS) is 10.1. The molecule has 0 aliphatic carbocycles. The Bertz CT molecular complexity index is 685. The number of thiocarbonyl (C=S) groups is 1. The van der Waals surface area contributed by atoms with Gasteiger partial charge in [-0.05, 0) is 52.7 Å². The number of anilines is 1. The quantitative estimate of drug-likeness (QED) is 0.832. The standard InChI is InChI=1S/C15H13BrN2OS/c1-9-6-7-10(12(16)8-9)15(19)18-13-5-3-2-4-11(13)14(17)20/h2-8H,1H3,(H2,17,20)(H,18,19). The summed E-state index contributed by atoms with van der Waals surface area (Å²) < 4.78 is 0.753. The zero-order chi connectivity index (χ0) is 14.7. The molecule has 0 heterocycles. The third-order valence-electron chi connectivity index (χ3n) is 2.81. The largest absolute Gasteiger partial charge is 0.389 e. The van der Waals surface area contributed by atoms with Gasteiger partial charge in [0.2, 0.25) is 0 Å². The van der Waals surface area contributed by atoms with Crippen LogP contribution in [0.1, 0.15) is 21.5 Å². The molecule has 0 atom stereocenters. The first-order valence-corrected chi connectivity index (χ1v) is 7.15. The first kappa shape index (κ1) is 14.7. The first-order chi connectivity index (χ1) is 9.49. The number of amides is 1. The number of para-hydroxylation sites is 1. The SMILES string of the molecule is Cc1ccc(C(=O)Nc2ccccc2C(N)=S)c(Br)c1. The maximum absolute atomic E-state index is 12.3. The Hall–Kier alpha value is -1.72. The molecule has 2 rings (SSSR count). The summed E-state index contributed by atoms with van der Waals surface area (Å²) >= 11 is 8.38. The Balaban J connectivity index is 2.30. The minimum Gasteiger partial charge on any atom is -0.389 e. The number of hydrogen-bond donors (Lipinski definition) is 2. The van der Waals surface area contributed by atoms with Crippen molar-refractivity contribution in [1.82, 2.24) is 0 Å². The van der Waals surface area contributed by atoms with Crippen LogP contribution in [0, 0.1) is 6.92 Å². The Labute approximate surface area is 131 Å². The molecule has 102 valence electrons. The molecule has 0 saturated heterocycles. The molecule has 0 aliphatic rings. The van der Waals surface area contributed by atoms with Gasteiger partial charge in [-0.25, -0.2) is 0 Å². The lowest BCUT2D eigenvalue weighted by molar-refractivity contribution is 0.102. The number of nitrogens with two attached hydrogens (primary N) is 1. The number of nitrogens with one attached hydrogen (secondary N) is 1. The van der Waals surface area contributed by atoms with E-state index >= 15 is 0 Å². The molecule has 0 fully saturated rings. The van der Waals surface area contributed by atoms with E-state index < -0.39 is 0 Å². The molecule has 2 aromatic rings. The van der Waals surface area contributed by atoms with Crippen LogP contribution in [0.15, 0.2) is 46.9 Å². The summed E-state index contributed by atoms with van der Waals surface area (Å²) in [5, 5.41) is 2.83. The molecule has 20 heavy (non-hydrogen) atoms. The number of benzene rings is 2. The van der Waals surface area contributed by atoms with E-state index in [-0.39, 0.29) is 10.9 Å². The van der Waals surface area contributed by atoms with Crippen molar-refractivity contribution >= 4 is 44.7 Å². The predicted octanol–water partition coefficient (Wildman–Crippen LogP) is 3.64. The lowest BCUT2D eigenvalue weighted by atomic mass is 10.1. The topological polar surface area (TPSA) is 55.1 Å². The van der Waals surface area contributed by atoms with Crippen LogP contribution >= 0.6 is 28.1 Å². The smallest absolute Gasteiger partial charge is 0.256 e. The van der Waals surface area contributed by atoms with Gasteiger partial charge in [-0.2, -0.15) is 0 Å². The monoisotopic (exact) mass is 348 g/mol. The third kappa shape index (κ3) is 3.23. The van der Waals surface area contributed by atoms with E-state index in [1.54, 1.807) is 18.2 Å². The fraction of sp³-hybridized carbons (Fsp3) is 0.0667. The molecule has 0 spiro atoms. The van der Waals surface area contributed by atoms with Crippen LogP contribution < -0.4 is 11.1 Å². The molecule has 2 aromatic carbocycles. The highest BCUT2D eigenvalue weighted by molar-refractivity contribution is 9.10. The summed E-state index contributed by atoms with van der Waals surface area (Å²) in [5.41, 5.74) is 8.55. The number of hydrogen-bond acceptors (Lipinski definition) is 2. The molecule has 5 heteroatoms. The van der Waals surface area contributed by atoms with Gasteiger partial charge in [0.05, 0.1) is 11.3 Å². The third-order valence-corrected chi connectivity index (χ3v) is 3.69. The van der Waals surface area contributed by atoms with Crippen molar-refractivity contribution in [1.29, 1.82) is 0 Å². The molecular formula is C15H13BrN2OS. The van der Waals surface area contributed by atoms with Crippen LogP contribution in [0.3, 0.4) is 0 Å². The summed E-state index contributed by atoms with van der Waals surface area (Å²) in [7, 11) is 0. The fourth-order valence-electron chi connectivity index (χ4n) is 1.80. The van der Waals surface area contributed by atoms with Gasteiger partial charge in [0, 0.05) is 10.0 Å². The van der Waals surface area contributed by atoms with Crippen LogP contribution in [-0.2, 0) is 0 Å². The van der Waals surface area contributed by atoms with Gasteiger partial charge in [-0.3, -0.25) is 4.79 Å². The van der Waals surface area contributed by atoms with Crippen LogP contribution in [-0.4, -0.2) is 10.9 Å². The molecule has 0 unspecified atom stereocenters. The van der Waals surface area contributed by atoms with Crippen LogP contribution in [0.4, 0.5) is 5.69 Å². The van der Waals surface area contributed by atoms with Crippen molar-refractivity contribution in [3.63, 3.8) is 0 Å². The highest BCUT2D eigenvalue weighted by Crippen LogP contribution is 2.21. The molecule has 0 saturated carbocycles. The van der Waals surface area contributed by atoms with Crippen molar-refractivity contribution < 1.29 is 4.79 Å². The number of halogens is 1. The molecular weight excluding hydrogens is 336 g/mol. The van der Waals surface area contributed by atoms with Crippen LogP contribution in [0.25, 0.3) is 0 Å². The van der Waals surface area contributed by atoms with Crippen LogP contribution in [0.2, 0.25) is 0 Å². The van der Waals surface area contributed by atoms with E-state index in [1.165, 1.54) is 0 Å². The second-order valence-corrected chi connectivity index (χ2v) is 5.64. The highest BCUT2D eigenvalue weighted by atomic mass is 79.9. The number of rotatable bonds is 3. The van der Waals surface area contributed by atoms with Crippen molar-refractivity contribution in [2.75, 3.05) is 5.32 Å². The van der Waals surface area contributed by atoms with Crippen LogP contribution in [0.5, 0.6) is 0 Å². The lowest BCUT2D eigenvalue weighted by Crippen LogP contribution is -2.17. The predicted molar refractivity (Wildman–Crippen MR) is 89.2 cm³/mol. The zero-order valence-corrected chi connectivity index (χ0v) is 13.2. The van der Waals surface area contributed by atoms with Gasteiger partial charge in [-0.1, -0.05) is 30.4 Å². The van der Waals surface area contributed by atoms with Gasteiger partial charge in [0.25, 0.3) is 5.91 Å². The van der Waals surface area contributed by atoms with Crippen molar-refractivity contribution in [2.24, 2.45) is 5.73 Å². The molecule has 0 aliphatic heterocycles. The molecule has 0 radical (unpaired) electrons. The van der Waals surface area contributed by atoms with Gasteiger partial charge in [0.1, 0.15) is 4.99 Å². The van der Waals surface area contributed by atoms with Gasteiger partial charge >= 0.3 is 0 Å². The van der Waals surface area contributed by atoms with Gasteiger partial charge in [0.15, 0.2) is 0 Å². The van der Waals surface area contributed by atoms with Crippen molar-refractivity contribution in [3.05, 3.63) is 63.6 Å². The van der Waals surface area contributed by atoms with E-state index in [0.29, 0.717) is 16.8 Å². The molecule has 3 nitrogen and oxygen atoms in total. The summed E-state index contributed by atoms with van der Waals surface area (Å²) in [6.45, 7) is 1.97. The lowest BCUT2D eigenvalue weighted by Gasteiger charge is -2.11. The van der Waals surface area contributed by atoms with Crippen molar-refractivity contribution in [3.8, 4) is 0 Å². The molecule has 0 bridgehead atoms. The second-order valence-electron chi connectivity index (χ2n) is 4.35. The minimum atomic E-state index is -0.208. The maximum Gasteiger partial charge on any atom is 0.256 e. The van der Waals surface area contributed by atoms with E-state index in [4.69, 9.17) is 18.0 Å². The fourth-order valence-corrected chi connectivity index (χ4v) is 2.65. The second kappa shape index (κ2) is 6.15. The molecule has 3 N–H and O–H groups in total.